The van der Waals surface area contributed by atoms with E-state index in [1.165, 1.54) is 18.2 Å². The molecule has 0 fully saturated rings. The Balaban J connectivity index is 1.44. The van der Waals surface area contributed by atoms with Crippen LogP contribution in [0.2, 0.25) is 5.02 Å². The molecule has 0 saturated carbocycles. The van der Waals surface area contributed by atoms with Crippen LogP contribution in [-0.2, 0) is 17.6 Å². The summed E-state index contributed by atoms with van der Waals surface area (Å²) in [5.41, 5.74) is 7.07. The van der Waals surface area contributed by atoms with Crippen molar-refractivity contribution in [1.29, 1.82) is 0 Å². The Morgan fingerprint density at radius 3 is 2.67 bits per heavy atom. The van der Waals surface area contributed by atoms with Crippen LogP contribution in [-0.4, -0.2) is 18.1 Å². The maximum atomic E-state index is 12.0. The number of ether oxygens (including phenoxy) is 1. The van der Waals surface area contributed by atoms with Gasteiger partial charge in [0.1, 0.15) is 0 Å². The number of methoxy groups -OCH3 is 1. The molecule has 3 aromatic carbocycles. The van der Waals surface area contributed by atoms with E-state index >= 15 is 0 Å². The van der Waals surface area contributed by atoms with Crippen molar-refractivity contribution < 1.29 is 9.53 Å². The van der Waals surface area contributed by atoms with Crippen LogP contribution < -0.4 is 0 Å². The number of hydrogen-bond donors (Lipinski definition) is 0. The number of rotatable bonds is 7. The van der Waals surface area contributed by atoms with Gasteiger partial charge in [0.05, 0.1) is 23.9 Å². The zero-order chi connectivity index (χ0) is 23.2. The van der Waals surface area contributed by atoms with E-state index in [2.05, 4.69) is 43.3 Å². The summed E-state index contributed by atoms with van der Waals surface area (Å²) in [6.45, 7) is 2.09. The molecule has 3 nitrogen and oxygen atoms in total. The molecule has 0 radical (unpaired) electrons. The summed E-state index contributed by atoms with van der Waals surface area (Å²) in [7, 11) is 1.42. The lowest BCUT2D eigenvalue weighted by Gasteiger charge is -2.08. The van der Waals surface area contributed by atoms with Gasteiger partial charge in [-0.25, -0.2) is 9.78 Å². The first-order valence-electron chi connectivity index (χ1n) is 11.0. The number of aryl methyl sites for hydroxylation is 3. The molecule has 4 rings (SSSR count). The number of nitrogens with zero attached hydrogens (tertiary/aromatic N) is 1. The first kappa shape index (κ1) is 22.8. The molecule has 0 aliphatic carbocycles. The Morgan fingerprint density at radius 2 is 1.82 bits per heavy atom. The third kappa shape index (κ3) is 5.68. The highest BCUT2D eigenvalue weighted by Gasteiger charge is 2.10. The van der Waals surface area contributed by atoms with Gasteiger partial charge in [-0.05, 0) is 78.8 Å². The fraction of sp³-hybridized carbons (Fsp3) is 0.172. The number of halogens is 1. The monoisotopic (exact) mass is 455 g/mol. The Bertz CT molecular complexity index is 1330. The molecule has 4 heteroatoms. The molecule has 0 unspecified atom stereocenters. The summed E-state index contributed by atoms with van der Waals surface area (Å²) in [6, 6.07) is 24.1. The summed E-state index contributed by atoms with van der Waals surface area (Å²) in [5.74, 6) is -0.280. The summed E-state index contributed by atoms with van der Waals surface area (Å²) in [6.07, 6.45) is 6.85. The molecule has 0 amide bonds. The van der Waals surface area contributed by atoms with Gasteiger partial charge in [0.15, 0.2) is 0 Å². The van der Waals surface area contributed by atoms with Crippen molar-refractivity contribution in [2.75, 3.05) is 7.11 Å². The number of aromatic nitrogens is 1. The van der Waals surface area contributed by atoms with E-state index in [4.69, 9.17) is 21.3 Å². The molecule has 0 saturated heterocycles. The molecule has 0 spiro atoms. The van der Waals surface area contributed by atoms with Crippen LogP contribution in [0.1, 0.15) is 44.7 Å². The van der Waals surface area contributed by atoms with Gasteiger partial charge in [0.25, 0.3) is 0 Å². The smallest absolute Gasteiger partial charge is 0.338 e. The van der Waals surface area contributed by atoms with Gasteiger partial charge in [-0.1, -0.05) is 66.2 Å². The number of hydrogen-bond acceptors (Lipinski definition) is 3. The van der Waals surface area contributed by atoms with Gasteiger partial charge < -0.3 is 4.74 Å². The second-order valence-corrected chi connectivity index (χ2v) is 8.54. The third-order valence-corrected chi connectivity index (χ3v) is 5.97. The van der Waals surface area contributed by atoms with Gasteiger partial charge in [-0.15, -0.1) is 0 Å². The fourth-order valence-corrected chi connectivity index (χ4v) is 4.22. The molecular formula is C29H26ClNO2. The van der Waals surface area contributed by atoms with E-state index in [0.29, 0.717) is 10.6 Å². The number of benzene rings is 3. The number of carbonyl (C=O) groups is 1. The number of carbonyl (C=O) groups excluding carboxylic acids is 1. The lowest BCUT2D eigenvalue weighted by molar-refractivity contribution is 0.0599. The van der Waals surface area contributed by atoms with Crippen LogP contribution in [0.3, 0.4) is 0 Å². The van der Waals surface area contributed by atoms with Gasteiger partial charge in [-0.3, -0.25) is 0 Å². The summed E-state index contributed by atoms with van der Waals surface area (Å²) in [4.78, 5) is 16.7. The van der Waals surface area contributed by atoms with Crippen LogP contribution in [0.5, 0.6) is 0 Å². The highest BCUT2D eigenvalue weighted by Crippen LogP contribution is 2.23. The normalized spacial score (nSPS) is 11.2. The number of esters is 1. The van der Waals surface area contributed by atoms with Crippen LogP contribution in [0.15, 0.2) is 72.8 Å². The Labute approximate surface area is 199 Å². The third-order valence-electron chi connectivity index (χ3n) is 5.73. The van der Waals surface area contributed by atoms with E-state index in [0.717, 1.165) is 47.0 Å². The molecule has 1 aromatic heterocycles. The average Bonchev–Trinajstić information content (AvgIpc) is 2.82. The van der Waals surface area contributed by atoms with Gasteiger partial charge in [0, 0.05) is 10.4 Å². The van der Waals surface area contributed by atoms with E-state index < -0.39 is 0 Å². The van der Waals surface area contributed by atoms with E-state index in [9.17, 15) is 4.79 Å². The Hall–Kier alpha value is -3.43. The average molecular weight is 456 g/mol. The van der Waals surface area contributed by atoms with Gasteiger partial charge in [-0.2, -0.15) is 0 Å². The molecule has 0 N–H and O–H groups in total. The van der Waals surface area contributed by atoms with E-state index in [-0.39, 0.29) is 5.97 Å². The molecule has 166 valence electrons. The zero-order valence-corrected chi connectivity index (χ0v) is 19.6. The van der Waals surface area contributed by atoms with Crippen LogP contribution in [0.25, 0.3) is 23.1 Å². The summed E-state index contributed by atoms with van der Waals surface area (Å²) < 4.78 is 4.90. The minimum absolute atomic E-state index is 0.280. The largest absolute Gasteiger partial charge is 0.465 e. The predicted octanol–water partition coefficient (Wildman–Crippen LogP) is 7.33. The van der Waals surface area contributed by atoms with Gasteiger partial charge >= 0.3 is 5.97 Å². The van der Waals surface area contributed by atoms with Crippen LogP contribution in [0.4, 0.5) is 0 Å². The molecular weight excluding hydrogens is 430 g/mol. The highest BCUT2D eigenvalue weighted by atomic mass is 35.5. The zero-order valence-electron chi connectivity index (χ0n) is 18.8. The lowest BCUT2D eigenvalue weighted by atomic mass is 9.99. The maximum absolute atomic E-state index is 12.0. The van der Waals surface area contributed by atoms with E-state index in [1.54, 1.807) is 0 Å². The van der Waals surface area contributed by atoms with Crippen molar-refractivity contribution in [3.63, 3.8) is 0 Å². The molecule has 4 aromatic rings. The van der Waals surface area contributed by atoms with Gasteiger partial charge in [0.2, 0.25) is 0 Å². The maximum Gasteiger partial charge on any atom is 0.338 e. The van der Waals surface area contributed by atoms with Crippen LogP contribution >= 0.6 is 11.6 Å². The molecule has 33 heavy (non-hydrogen) atoms. The predicted molar refractivity (Wildman–Crippen MR) is 137 cm³/mol. The first-order valence-corrected chi connectivity index (χ1v) is 11.4. The van der Waals surface area contributed by atoms with Crippen molar-refractivity contribution in [3.05, 3.63) is 111 Å². The first-order chi connectivity index (χ1) is 16.0. The molecule has 0 aliphatic rings. The Morgan fingerprint density at radius 1 is 0.970 bits per heavy atom. The summed E-state index contributed by atoms with van der Waals surface area (Å²) in [5, 5.41) is 1.81. The topological polar surface area (TPSA) is 39.2 Å². The summed E-state index contributed by atoms with van der Waals surface area (Å²) >= 11 is 6.15. The number of fused-ring (bicyclic) bond motifs is 1. The SMILES string of the molecule is COC(=O)c1ccccc1CCCc1cccc(/C=C/c2cc(C)c3ccc(Cl)cc3n2)c1. The fourth-order valence-electron chi connectivity index (χ4n) is 4.05. The Kier molecular flexibility index (Phi) is 7.21. The second kappa shape index (κ2) is 10.5. The number of pyridine rings is 1. The van der Waals surface area contributed by atoms with Crippen LogP contribution in [0, 0.1) is 6.92 Å². The highest BCUT2D eigenvalue weighted by molar-refractivity contribution is 6.31. The van der Waals surface area contributed by atoms with E-state index in [1.807, 2.05) is 48.5 Å². The van der Waals surface area contributed by atoms with Crippen molar-refractivity contribution in [2.24, 2.45) is 0 Å². The van der Waals surface area contributed by atoms with Crippen molar-refractivity contribution >= 4 is 40.6 Å². The quantitative estimate of drug-likeness (QED) is 0.274. The van der Waals surface area contributed by atoms with Crippen molar-refractivity contribution in [1.82, 2.24) is 4.98 Å². The molecule has 0 atom stereocenters. The molecule has 0 aliphatic heterocycles. The second-order valence-electron chi connectivity index (χ2n) is 8.11. The minimum atomic E-state index is -0.280. The standard InChI is InChI=1S/C29H26ClNO2/c1-20-17-25(31-28-19-24(30)14-16-26(20)28)15-13-22-8-5-7-21(18-22)9-6-11-23-10-3-4-12-27(23)29(32)33-2/h3-5,7-8,10,12-19H,6,9,11H2,1-2H3/b15-13+. The molecule has 1 heterocycles. The lowest BCUT2D eigenvalue weighted by Crippen LogP contribution is -2.05. The minimum Gasteiger partial charge on any atom is -0.465 e. The van der Waals surface area contributed by atoms with Crippen molar-refractivity contribution in [3.8, 4) is 0 Å². The molecule has 0 bridgehead atoms. The van der Waals surface area contributed by atoms with Crippen molar-refractivity contribution in [2.45, 2.75) is 26.2 Å².